The van der Waals surface area contributed by atoms with Gasteiger partial charge >= 0.3 is 5.97 Å². The number of benzene rings is 2. The Labute approximate surface area is 237 Å². The Balaban J connectivity index is 1.55. The van der Waals surface area contributed by atoms with Gasteiger partial charge in [0, 0.05) is 41.6 Å². The van der Waals surface area contributed by atoms with Crippen LogP contribution in [0.25, 0.3) is 11.1 Å². The number of anilines is 1. The fraction of sp³-hybridized carbons (Fsp3) is 0.367. The number of oxazole rings is 1. The summed E-state index contributed by atoms with van der Waals surface area (Å²) in [6, 6.07) is 11.7. The van der Waals surface area contributed by atoms with Crippen LogP contribution in [-0.2, 0) is 22.6 Å². The first-order chi connectivity index (χ1) is 19.9. The summed E-state index contributed by atoms with van der Waals surface area (Å²) in [7, 11) is 6.45. The molecule has 1 saturated heterocycles. The number of carbonyl (C=O) groups is 1. The number of rotatable bonds is 11. The summed E-state index contributed by atoms with van der Waals surface area (Å²) in [5.41, 5.74) is 3.79. The van der Waals surface area contributed by atoms with E-state index in [0.29, 0.717) is 72.7 Å². The Morgan fingerprint density at radius 2 is 1.59 bits per heavy atom. The van der Waals surface area contributed by atoms with E-state index in [0.717, 1.165) is 16.7 Å². The monoisotopic (exact) mass is 563 g/mol. The Bertz CT molecular complexity index is 1460. The number of aromatic nitrogens is 2. The van der Waals surface area contributed by atoms with E-state index in [-0.39, 0.29) is 5.92 Å². The lowest BCUT2D eigenvalue weighted by Crippen LogP contribution is -2.31. The molecule has 1 N–H and O–H groups in total. The molecule has 41 heavy (non-hydrogen) atoms. The molecular weight excluding hydrogens is 530 g/mol. The number of methoxy groups -OCH3 is 4. The first-order valence-corrected chi connectivity index (χ1v) is 13.2. The summed E-state index contributed by atoms with van der Waals surface area (Å²) in [5, 5.41) is 9.51. The normalized spacial score (nSPS) is 16.8. The number of carboxylic acid groups (broad SMARTS) is 1. The van der Waals surface area contributed by atoms with E-state index in [2.05, 4.69) is 4.98 Å². The van der Waals surface area contributed by atoms with E-state index in [4.69, 9.17) is 33.1 Å². The minimum atomic E-state index is -0.971. The summed E-state index contributed by atoms with van der Waals surface area (Å²) in [5.74, 6) is 1.64. The molecule has 1 fully saturated rings. The van der Waals surface area contributed by atoms with Gasteiger partial charge in [-0.2, -0.15) is 4.98 Å². The summed E-state index contributed by atoms with van der Waals surface area (Å²) >= 11 is 0. The second-order valence-electron chi connectivity index (χ2n) is 9.70. The van der Waals surface area contributed by atoms with E-state index in [1.165, 1.54) is 0 Å². The molecule has 11 nitrogen and oxygen atoms in total. The van der Waals surface area contributed by atoms with E-state index in [1.54, 1.807) is 40.8 Å². The molecule has 1 aliphatic rings. The quantitative estimate of drug-likeness (QED) is 0.270. The number of nitrogens with zero attached hydrogens (tertiary/aromatic N) is 3. The topological polar surface area (TPSA) is 126 Å². The van der Waals surface area contributed by atoms with Crippen molar-refractivity contribution in [1.29, 1.82) is 0 Å². The van der Waals surface area contributed by atoms with Crippen molar-refractivity contribution in [3.05, 3.63) is 65.5 Å². The van der Waals surface area contributed by atoms with Gasteiger partial charge in [0.1, 0.15) is 28.5 Å². The first-order valence-electron chi connectivity index (χ1n) is 13.2. The van der Waals surface area contributed by atoms with E-state index in [9.17, 15) is 9.90 Å². The van der Waals surface area contributed by atoms with Crippen LogP contribution in [0.3, 0.4) is 0 Å². The molecule has 2 unspecified atom stereocenters. The Kier molecular flexibility index (Phi) is 8.44. The number of ether oxygens (including phenoxy) is 5. The van der Waals surface area contributed by atoms with Crippen molar-refractivity contribution in [2.45, 2.75) is 38.0 Å². The highest BCUT2D eigenvalue weighted by Crippen LogP contribution is 2.37. The molecule has 0 bridgehead atoms. The number of pyridine rings is 1. The molecule has 216 valence electrons. The van der Waals surface area contributed by atoms with Crippen LogP contribution in [-0.4, -0.2) is 62.2 Å². The van der Waals surface area contributed by atoms with E-state index < -0.39 is 12.1 Å². The van der Waals surface area contributed by atoms with Gasteiger partial charge in [-0.05, 0) is 43.0 Å². The van der Waals surface area contributed by atoms with Crippen LogP contribution < -0.4 is 23.8 Å². The van der Waals surface area contributed by atoms with Gasteiger partial charge in [0.15, 0.2) is 11.7 Å². The maximum atomic E-state index is 11.6. The summed E-state index contributed by atoms with van der Waals surface area (Å²) in [6.07, 6.45) is 3.52. The molecule has 1 aliphatic heterocycles. The van der Waals surface area contributed by atoms with Gasteiger partial charge in [-0.15, -0.1) is 0 Å². The molecule has 3 heterocycles. The molecular formula is C30H33N3O8. The lowest BCUT2D eigenvalue weighted by molar-refractivity contribution is -0.153. The molecule has 0 aliphatic carbocycles. The molecule has 4 aromatic rings. The van der Waals surface area contributed by atoms with Crippen molar-refractivity contribution in [1.82, 2.24) is 9.97 Å². The van der Waals surface area contributed by atoms with Crippen molar-refractivity contribution in [3.8, 4) is 23.0 Å². The van der Waals surface area contributed by atoms with E-state index in [1.807, 2.05) is 41.3 Å². The third-order valence-electron chi connectivity index (χ3n) is 7.30. The average molecular weight is 564 g/mol. The van der Waals surface area contributed by atoms with Gasteiger partial charge in [-0.25, -0.2) is 4.79 Å². The highest BCUT2D eigenvalue weighted by Gasteiger charge is 2.31. The Hall–Kier alpha value is -4.51. The van der Waals surface area contributed by atoms with Crippen molar-refractivity contribution in [2.75, 3.05) is 39.9 Å². The minimum absolute atomic E-state index is 0.0846. The zero-order valence-electron chi connectivity index (χ0n) is 23.5. The predicted molar refractivity (Wildman–Crippen MR) is 150 cm³/mol. The number of hydrogen-bond acceptors (Lipinski definition) is 10. The summed E-state index contributed by atoms with van der Waals surface area (Å²) in [6.45, 7) is 1.15. The van der Waals surface area contributed by atoms with Crippen LogP contribution in [0.15, 0.2) is 53.2 Å². The van der Waals surface area contributed by atoms with Crippen molar-refractivity contribution in [2.24, 2.45) is 0 Å². The molecule has 11 heteroatoms. The molecule has 2 aromatic carbocycles. The maximum Gasteiger partial charge on any atom is 0.332 e. The number of hydrogen-bond donors (Lipinski definition) is 1. The molecule has 5 rings (SSSR count). The van der Waals surface area contributed by atoms with Gasteiger partial charge in [0.05, 0.1) is 47.7 Å². The molecule has 2 atom stereocenters. The maximum absolute atomic E-state index is 11.6. The highest BCUT2D eigenvalue weighted by molar-refractivity contribution is 5.78. The standard InChI is InChI=1S/C30H33N3O8/c1-36-21-7-5-19(25(12-21)38-3)16-33(17-20-6-8-22(37-2)13-26(20)39-4)30-32-24-15-31-14-23(28(24)41-30)18-9-10-40-27(11-18)29(34)35/h5-8,12-15,18,27H,9-11,16-17H2,1-4H3,(H,34,35). The molecule has 0 spiro atoms. The zero-order valence-corrected chi connectivity index (χ0v) is 23.5. The lowest BCUT2D eigenvalue weighted by Gasteiger charge is -2.27. The fourth-order valence-electron chi connectivity index (χ4n) is 5.11. The number of carboxylic acids is 1. The van der Waals surface area contributed by atoms with Gasteiger partial charge in [-0.1, -0.05) is 0 Å². The molecule has 0 saturated carbocycles. The lowest BCUT2D eigenvalue weighted by atomic mass is 9.89. The molecule has 2 aromatic heterocycles. The van der Waals surface area contributed by atoms with Crippen LogP contribution in [0.5, 0.6) is 23.0 Å². The van der Waals surface area contributed by atoms with Gasteiger partial charge in [0.25, 0.3) is 6.01 Å². The van der Waals surface area contributed by atoms with Crippen LogP contribution in [0.1, 0.15) is 35.4 Å². The zero-order chi connectivity index (χ0) is 28.9. The average Bonchev–Trinajstić information content (AvgIpc) is 3.45. The minimum Gasteiger partial charge on any atom is -0.497 e. The van der Waals surface area contributed by atoms with Gasteiger partial charge in [-0.3, -0.25) is 4.98 Å². The largest absolute Gasteiger partial charge is 0.497 e. The predicted octanol–water partition coefficient (Wildman–Crippen LogP) is 4.81. The van der Waals surface area contributed by atoms with Gasteiger partial charge in [0.2, 0.25) is 0 Å². The van der Waals surface area contributed by atoms with Crippen molar-refractivity contribution in [3.63, 3.8) is 0 Å². The molecule has 0 amide bonds. The van der Waals surface area contributed by atoms with Crippen LogP contribution in [0.4, 0.5) is 6.01 Å². The third-order valence-corrected chi connectivity index (χ3v) is 7.30. The second kappa shape index (κ2) is 12.3. The summed E-state index contributed by atoms with van der Waals surface area (Å²) < 4.78 is 34.0. The second-order valence-corrected chi connectivity index (χ2v) is 9.70. The SMILES string of the molecule is COc1ccc(CN(Cc2ccc(OC)cc2OC)c2nc3cncc(C4CCOC(C(=O)O)C4)c3o2)c(OC)c1. The number of fused-ring (bicyclic) bond motifs is 1. The highest BCUT2D eigenvalue weighted by atomic mass is 16.5. The number of aliphatic carboxylic acids is 1. The Morgan fingerprint density at radius 1 is 0.951 bits per heavy atom. The Morgan fingerprint density at radius 3 is 2.15 bits per heavy atom. The van der Waals surface area contributed by atoms with Crippen LogP contribution >= 0.6 is 0 Å². The van der Waals surface area contributed by atoms with Gasteiger partial charge < -0.3 is 38.1 Å². The third kappa shape index (κ3) is 5.99. The smallest absolute Gasteiger partial charge is 0.332 e. The van der Waals surface area contributed by atoms with Crippen LogP contribution in [0.2, 0.25) is 0 Å². The molecule has 0 radical (unpaired) electrons. The van der Waals surface area contributed by atoms with Crippen LogP contribution in [0, 0.1) is 0 Å². The van der Waals surface area contributed by atoms with Crippen molar-refractivity contribution >= 4 is 23.1 Å². The van der Waals surface area contributed by atoms with E-state index >= 15 is 0 Å². The summed E-state index contributed by atoms with van der Waals surface area (Å²) in [4.78, 5) is 22.8. The van der Waals surface area contributed by atoms with Crippen molar-refractivity contribution < 1.29 is 38.0 Å². The first kappa shape index (κ1) is 28.0. The fourth-order valence-corrected chi connectivity index (χ4v) is 5.11.